The van der Waals surface area contributed by atoms with Crippen molar-refractivity contribution in [3.63, 3.8) is 0 Å². The van der Waals surface area contributed by atoms with E-state index in [1.54, 1.807) is 13.0 Å². The minimum atomic E-state index is -0.323. The molecule has 0 saturated carbocycles. The number of para-hydroxylation sites is 1. The summed E-state index contributed by atoms with van der Waals surface area (Å²) >= 11 is 6.54. The molecule has 1 atom stereocenters. The van der Waals surface area contributed by atoms with E-state index in [1.165, 1.54) is 0 Å². The third-order valence-electron chi connectivity index (χ3n) is 8.02. The summed E-state index contributed by atoms with van der Waals surface area (Å²) in [5, 5.41) is 4.77. The minimum Gasteiger partial charge on any atom is -0.491 e. The predicted octanol–water partition coefficient (Wildman–Crippen LogP) is 7.47. The van der Waals surface area contributed by atoms with Gasteiger partial charge in [-0.05, 0) is 56.9 Å². The van der Waals surface area contributed by atoms with E-state index in [-0.39, 0.29) is 24.5 Å². The number of fused-ring (bicyclic) bond motifs is 1. The highest BCUT2D eigenvalue weighted by Crippen LogP contribution is 2.33. The smallest absolute Gasteiger partial charge is 0.260 e. The van der Waals surface area contributed by atoms with Crippen LogP contribution in [0.4, 0.5) is 0 Å². The van der Waals surface area contributed by atoms with E-state index in [9.17, 15) is 9.59 Å². The van der Waals surface area contributed by atoms with Gasteiger partial charge in [-0.25, -0.2) is 0 Å². The van der Waals surface area contributed by atoms with E-state index in [0.717, 1.165) is 31.2 Å². The Hall–Kier alpha value is -4.10. The monoisotopic (exact) mass is 599 g/mol. The number of aryl methyl sites for hydroxylation is 1. The second-order valence-electron chi connectivity index (χ2n) is 10.9. The molecule has 1 aliphatic heterocycles. The quantitative estimate of drug-likeness (QED) is 0.238. The number of carbonyl (C=O) groups is 2. The van der Waals surface area contributed by atoms with E-state index < -0.39 is 0 Å². The normalized spacial score (nSPS) is 16.7. The van der Waals surface area contributed by atoms with Gasteiger partial charge in [-0.1, -0.05) is 90.3 Å². The van der Waals surface area contributed by atoms with Crippen LogP contribution in [0.1, 0.15) is 64.6 Å². The molecule has 1 aliphatic rings. The predicted molar refractivity (Wildman–Crippen MR) is 169 cm³/mol. The van der Waals surface area contributed by atoms with E-state index >= 15 is 0 Å². The molecule has 5 rings (SSSR count). The number of rotatable bonds is 5. The van der Waals surface area contributed by atoms with E-state index in [2.05, 4.69) is 17.3 Å². The molecule has 0 fully saturated rings. The summed E-state index contributed by atoms with van der Waals surface area (Å²) in [6.07, 6.45) is 4.19. The average Bonchev–Trinajstić information content (AvgIpc) is 3.41. The fourth-order valence-corrected chi connectivity index (χ4v) is 5.89. The first-order valence-corrected chi connectivity index (χ1v) is 15.4. The summed E-state index contributed by atoms with van der Waals surface area (Å²) < 4.78 is 12.0. The van der Waals surface area contributed by atoms with Crippen LogP contribution >= 0.6 is 11.6 Å². The van der Waals surface area contributed by atoms with Gasteiger partial charge in [0.05, 0.1) is 16.6 Å². The maximum Gasteiger partial charge on any atom is 0.260 e. The number of benzene rings is 3. The number of hydrogen-bond acceptors (Lipinski definition) is 5. The van der Waals surface area contributed by atoms with Crippen LogP contribution in [-0.4, -0.2) is 59.1 Å². The van der Waals surface area contributed by atoms with Crippen LogP contribution in [0.15, 0.2) is 83.4 Å². The lowest BCUT2D eigenvalue weighted by atomic mass is 10.0. The molecular formula is C35H38ClN3O4. The Morgan fingerprint density at radius 3 is 2.33 bits per heavy atom. The highest BCUT2D eigenvalue weighted by Gasteiger charge is 2.32. The molecule has 2 amide bonds. The highest BCUT2D eigenvalue weighted by molar-refractivity contribution is 6.33. The average molecular weight is 600 g/mol. The molecule has 0 N–H and O–H groups in total. The summed E-state index contributed by atoms with van der Waals surface area (Å²) in [7, 11) is 0. The molecule has 0 saturated heterocycles. The molecule has 0 radical (unpaired) electrons. The summed E-state index contributed by atoms with van der Waals surface area (Å²) in [5.41, 5.74) is 3.11. The standard InChI is InChI=1S/C35H38ClN3O4/c1-3-38-21-13-4-5-14-22-39(35(41)32-25(2)43-37-33(32)28-17-9-11-19-30(28)36)27(23-26-15-7-6-8-16-26)24-42-31-20-12-10-18-29(31)34(38)40/h6-12,15-20,27H,3-5,13-14,21-24H2,1-2H3/t27-/m1/s1. The minimum absolute atomic E-state index is 0.0350. The molecule has 7 nitrogen and oxygen atoms in total. The van der Waals surface area contributed by atoms with Gasteiger partial charge in [0.1, 0.15) is 29.4 Å². The first-order valence-electron chi connectivity index (χ1n) is 15.0. The molecule has 43 heavy (non-hydrogen) atoms. The maximum absolute atomic E-state index is 14.6. The molecule has 3 aromatic carbocycles. The summed E-state index contributed by atoms with van der Waals surface area (Å²) in [5.74, 6) is 0.750. The van der Waals surface area contributed by atoms with Crippen LogP contribution in [0.3, 0.4) is 0 Å². The van der Waals surface area contributed by atoms with Crippen molar-refractivity contribution in [3.05, 3.63) is 106 Å². The topological polar surface area (TPSA) is 75.9 Å². The van der Waals surface area contributed by atoms with Crippen molar-refractivity contribution in [1.82, 2.24) is 15.0 Å². The van der Waals surface area contributed by atoms with Gasteiger partial charge in [0.2, 0.25) is 0 Å². The number of nitrogens with zero attached hydrogens (tertiary/aromatic N) is 3. The SMILES string of the molecule is CCN1CCCCCCN(C(=O)c2c(-c3ccccc3Cl)noc2C)[C@H](Cc2ccccc2)COc2ccccc2C1=O. The highest BCUT2D eigenvalue weighted by atomic mass is 35.5. The van der Waals surface area contributed by atoms with Gasteiger partial charge in [0, 0.05) is 25.2 Å². The molecule has 0 unspecified atom stereocenters. The van der Waals surface area contributed by atoms with Crippen LogP contribution in [0.2, 0.25) is 5.02 Å². The maximum atomic E-state index is 14.6. The molecule has 8 heteroatoms. The zero-order valence-corrected chi connectivity index (χ0v) is 25.6. The summed E-state index contributed by atoms with van der Waals surface area (Å²) in [6, 6.07) is 24.5. The van der Waals surface area contributed by atoms with Gasteiger partial charge in [-0.3, -0.25) is 9.59 Å². The number of carbonyl (C=O) groups excluding carboxylic acids is 2. The first kappa shape index (κ1) is 30.4. The van der Waals surface area contributed by atoms with Gasteiger partial charge < -0.3 is 19.1 Å². The lowest BCUT2D eigenvalue weighted by Gasteiger charge is -2.33. The third-order valence-corrected chi connectivity index (χ3v) is 8.35. The Kier molecular flexibility index (Phi) is 10.2. The molecule has 0 aliphatic carbocycles. The fraction of sp³-hybridized carbons (Fsp3) is 0.343. The van der Waals surface area contributed by atoms with Crippen molar-refractivity contribution in [2.75, 3.05) is 26.2 Å². The van der Waals surface area contributed by atoms with Crippen molar-refractivity contribution in [3.8, 4) is 17.0 Å². The van der Waals surface area contributed by atoms with Gasteiger partial charge >= 0.3 is 0 Å². The van der Waals surface area contributed by atoms with Gasteiger partial charge in [0.15, 0.2) is 0 Å². The molecule has 0 spiro atoms. The zero-order valence-electron chi connectivity index (χ0n) is 24.8. The lowest BCUT2D eigenvalue weighted by molar-refractivity contribution is 0.0596. The van der Waals surface area contributed by atoms with Gasteiger partial charge in [-0.2, -0.15) is 0 Å². The Morgan fingerprint density at radius 1 is 0.907 bits per heavy atom. The third kappa shape index (κ3) is 7.11. The molecule has 4 aromatic rings. The number of halogens is 1. The number of aromatic nitrogens is 1. The molecular weight excluding hydrogens is 562 g/mol. The van der Waals surface area contributed by atoms with Crippen LogP contribution in [0, 0.1) is 6.92 Å². The Balaban J connectivity index is 1.55. The molecule has 2 heterocycles. The van der Waals surface area contributed by atoms with Crippen molar-refractivity contribution in [1.29, 1.82) is 0 Å². The number of hydrogen-bond donors (Lipinski definition) is 0. The van der Waals surface area contributed by atoms with Crippen molar-refractivity contribution in [2.24, 2.45) is 0 Å². The van der Waals surface area contributed by atoms with E-state index in [4.69, 9.17) is 20.9 Å². The van der Waals surface area contributed by atoms with E-state index in [1.807, 2.05) is 77.4 Å². The van der Waals surface area contributed by atoms with Crippen molar-refractivity contribution in [2.45, 2.75) is 52.0 Å². The largest absolute Gasteiger partial charge is 0.491 e. The number of ether oxygens (including phenoxy) is 1. The van der Waals surface area contributed by atoms with Gasteiger partial charge in [-0.15, -0.1) is 0 Å². The summed E-state index contributed by atoms with van der Waals surface area (Å²) in [4.78, 5) is 31.9. The van der Waals surface area contributed by atoms with Crippen LogP contribution < -0.4 is 4.74 Å². The first-order chi connectivity index (χ1) is 21.0. The Bertz CT molecular complexity index is 1540. The Morgan fingerprint density at radius 2 is 1.58 bits per heavy atom. The van der Waals surface area contributed by atoms with E-state index in [0.29, 0.717) is 65.0 Å². The second-order valence-corrected chi connectivity index (χ2v) is 11.3. The van der Waals surface area contributed by atoms with Crippen LogP contribution in [0.25, 0.3) is 11.3 Å². The van der Waals surface area contributed by atoms with Crippen molar-refractivity contribution >= 4 is 23.4 Å². The molecule has 224 valence electrons. The zero-order chi connectivity index (χ0) is 30.2. The summed E-state index contributed by atoms with van der Waals surface area (Å²) in [6.45, 7) is 5.84. The van der Waals surface area contributed by atoms with Gasteiger partial charge in [0.25, 0.3) is 11.8 Å². The van der Waals surface area contributed by atoms with Crippen LogP contribution in [-0.2, 0) is 6.42 Å². The molecule has 0 bridgehead atoms. The second kappa shape index (κ2) is 14.4. The van der Waals surface area contributed by atoms with Crippen molar-refractivity contribution < 1.29 is 18.8 Å². The molecule has 1 aromatic heterocycles. The number of amides is 2. The van der Waals surface area contributed by atoms with Crippen LogP contribution in [0.5, 0.6) is 5.75 Å². The Labute approximate surface area is 258 Å². The lowest BCUT2D eigenvalue weighted by Crippen LogP contribution is -2.46. The fourth-order valence-electron chi connectivity index (χ4n) is 5.67.